The second kappa shape index (κ2) is 18.9. The summed E-state index contributed by atoms with van der Waals surface area (Å²) in [4.78, 5) is 41.2. The Bertz CT molecular complexity index is 1850. The SMILES string of the molecule is CC(C)CCC[C@@H](C)[C@H]1CC[C@H]2[C@@H]3CC=C4C[C@@H](N(CCCNC(=O)CCNC(=O)OCC5c6ccccc6-c6ccccc65)C(=O)OC(C)(C)C)CC[C@]4(C)[C@H]3CC[C@]12C. The molecule has 2 N–H and O–H groups in total. The molecule has 3 fully saturated rings. The molecule has 0 spiro atoms. The summed E-state index contributed by atoms with van der Waals surface area (Å²) in [7, 11) is 0. The highest BCUT2D eigenvalue weighted by atomic mass is 16.6. The number of rotatable bonds is 15. The Balaban J connectivity index is 0.883. The summed E-state index contributed by atoms with van der Waals surface area (Å²) in [5.41, 5.74) is 6.33. The predicted molar refractivity (Wildman–Crippen MR) is 245 cm³/mol. The number of ether oxygens (including phenoxy) is 2. The summed E-state index contributed by atoms with van der Waals surface area (Å²) in [5, 5.41) is 5.76. The average molecular weight is 836 g/mol. The normalized spacial score (nSPS) is 28.3. The van der Waals surface area contributed by atoms with Gasteiger partial charge in [-0.1, -0.05) is 114 Å². The van der Waals surface area contributed by atoms with Crippen LogP contribution < -0.4 is 10.6 Å². The minimum absolute atomic E-state index is 0.0155. The van der Waals surface area contributed by atoms with Crippen LogP contribution in [0.4, 0.5) is 9.59 Å². The maximum absolute atomic E-state index is 13.8. The molecule has 5 aliphatic rings. The molecule has 0 bridgehead atoms. The van der Waals surface area contributed by atoms with E-state index in [1.54, 1.807) is 5.57 Å². The van der Waals surface area contributed by atoms with Gasteiger partial charge >= 0.3 is 12.2 Å². The molecule has 7 rings (SSSR count). The van der Waals surface area contributed by atoms with Crippen molar-refractivity contribution in [2.75, 3.05) is 26.2 Å². The van der Waals surface area contributed by atoms with Gasteiger partial charge in [0.15, 0.2) is 0 Å². The lowest BCUT2D eigenvalue weighted by atomic mass is 9.46. The highest BCUT2D eigenvalue weighted by Gasteiger charge is 2.59. The standard InChI is InChI=1S/C53H77N3O5/c1-35(2)15-13-16-36(3)45-23-24-46-43-22-21-37-33-38(25-28-52(37,7)47(43)26-29-53(45,46)8)56(50(59)61-51(4,5)6)32-14-30-54-48(57)27-31-55-49(58)60-34-44-41-19-11-9-17-39(41)40-18-10-12-20-42(40)44/h9-12,17-21,35-36,38,43-47H,13-16,22-34H2,1-8H3,(H,54,57)(H,55,58)/t36-,38+,43+,45-,46+,47+,52+,53-/m1/s1. The number of allylic oxidation sites excluding steroid dienone is 1. The molecule has 8 atom stereocenters. The average Bonchev–Trinajstić information content (AvgIpc) is 3.73. The predicted octanol–water partition coefficient (Wildman–Crippen LogP) is 12.1. The van der Waals surface area contributed by atoms with E-state index in [0.29, 0.717) is 24.9 Å². The largest absolute Gasteiger partial charge is 0.449 e. The van der Waals surface area contributed by atoms with Crippen LogP contribution in [0.1, 0.15) is 156 Å². The number of benzene rings is 2. The van der Waals surface area contributed by atoms with Gasteiger partial charge in [-0.3, -0.25) is 4.79 Å². The number of alkyl carbamates (subject to hydrolysis) is 1. The molecular weight excluding hydrogens is 759 g/mol. The monoisotopic (exact) mass is 836 g/mol. The van der Waals surface area contributed by atoms with Gasteiger partial charge in [0.2, 0.25) is 5.91 Å². The summed E-state index contributed by atoms with van der Waals surface area (Å²) in [6.07, 6.45) is 16.4. The summed E-state index contributed by atoms with van der Waals surface area (Å²) >= 11 is 0. The first kappa shape index (κ1) is 45.2. The lowest BCUT2D eigenvalue weighted by Crippen LogP contribution is -2.53. The van der Waals surface area contributed by atoms with Crippen molar-refractivity contribution in [1.82, 2.24) is 15.5 Å². The fourth-order valence-corrected chi connectivity index (χ4v) is 13.2. The molecule has 0 aliphatic heterocycles. The van der Waals surface area contributed by atoms with Gasteiger partial charge in [0.25, 0.3) is 0 Å². The third kappa shape index (κ3) is 9.89. The second-order valence-corrected chi connectivity index (χ2v) is 21.6. The van der Waals surface area contributed by atoms with Crippen LogP contribution in [0.15, 0.2) is 60.2 Å². The van der Waals surface area contributed by atoms with Crippen LogP contribution in [0, 0.1) is 46.3 Å². The van der Waals surface area contributed by atoms with Crippen molar-refractivity contribution >= 4 is 18.1 Å². The fourth-order valence-electron chi connectivity index (χ4n) is 13.2. The van der Waals surface area contributed by atoms with Crippen molar-refractivity contribution in [2.45, 2.75) is 156 Å². The quantitative estimate of drug-likeness (QED) is 0.138. The first-order valence-corrected chi connectivity index (χ1v) is 24.1. The number of nitrogens with zero attached hydrogens (tertiary/aromatic N) is 1. The van der Waals surface area contributed by atoms with Gasteiger partial charge < -0.3 is 25.0 Å². The van der Waals surface area contributed by atoms with Gasteiger partial charge in [0.05, 0.1) is 0 Å². The van der Waals surface area contributed by atoms with E-state index < -0.39 is 11.7 Å². The van der Waals surface area contributed by atoms with E-state index in [4.69, 9.17) is 9.47 Å². The van der Waals surface area contributed by atoms with Crippen LogP contribution in [0.5, 0.6) is 0 Å². The number of carbonyl (C=O) groups excluding carboxylic acids is 3. The van der Waals surface area contributed by atoms with Crippen LogP contribution in [0.2, 0.25) is 0 Å². The van der Waals surface area contributed by atoms with Crippen molar-refractivity contribution in [3.05, 3.63) is 71.3 Å². The lowest BCUT2D eigenvalue weighted by molar-refractivity contribution is -0.120. The fraction of sp³-hybridized carbons (Fsp3) is 0.679. The zero-order valence-electron chi connectivity index (χ0n) is 38.8. The third-order valence-electron chi connectivity index (χ3n) is 16.2. The summed E-state index contributed by atoms with van der Waals surface area (Å²) in [6.45, 7) is 19.7. The maximum atomic E-state index is 13.8. The zero-order chi connectivity index (χ0) is 43.5. The van der Waals surface area contributed by atoms with Crippen LogP contribution in [-0.4, -0.2) is 60.9 Å². The van der Waals surface area contributed by atoms with Gasteiger partial charge in [0.1, 0.15) is 12.2 Å². The van der Waals surface area contributed by atoms with E-state index in [2.05, 4.69) is 75.6 Å². The van der Waals surface area contributed by atoms with Gasteiger partial charge in [-0.05, 0) is 147 Å². The van der Waals surface area contributed by atoms with Gasteiger partial charge in [0, 0.05) is 38.0 Å². The van der Waals surface area contributed by atoms with E-state index in [0.717, 1.165) is 65.9 Å². The highest BCUT2D eigenvalue weighted by Crippen LogP contribution is 2.67. The van der Waals surface area contributed by atoms with Crippen LogP contribution in [0.3, 0.4) is 0 Å². The van der Waals surface area contributed by atoms with E-state index in [9.17, 15) is 14.4 Å². The van der Waals surface area contributed by atoms with Crippen LogP contribution in [-0.2, 0) is 14.3 Å². The van der Waals surface area contributed by atoms with Crippen LogP contribution in [0.25, 0.3) is 11.1 Å². The van der Waals surface area contributed by atoms with Crippen LogP contribution >= 0.6 is 0 Å². The molecule has 2 aromatic rings. The molecule has 3 amide bonds. The molecule has 61 heavy (non-hydrogen) atoms. The molecule has 8 nitrogen and oxygen atoms in total. The second-order valence-electron chi connectivity index (χ2n) is 21.6. The number of nitrogens with one attached hydrogen (secondary N) is 2. The van der Waals surface area contributed by atoms with Crippen molar-refractivity contribution in [1.29, 1.82) is 0 Å². The van der Waals surface area contributed by atoms with E-state index >= 15 is 0 Å². The van der Waals surface area contributed by atoms with Crippen molar-refractivity contribution in [2.24, 2.45) is 46.3 Å². The molecule has 0 saturated heterocycles. The molecular formula is C53H77N3O5. The van der Waals surface area contributed by atoms with Gasteiger partial charge in [-0.2, -0.15) is 0 Å². The first-order chi connectivity index (χ1) is 29.1. The maximum Gasteiger partial charge on any atom is 0.410 e. The lowest BCUT2D eigenvalue weighted by Gasteiger charge is -2.59. The molecule has 0 radical (unpaired) electrons. The molecule has 3 saturated carbocycles. The Hall–Kier alpha value is -3.81. The van der Waals surface area contributed by atoms with E-state index in [1.807, 2.05) is 49.9 Å². The topological polar surface area (TPSA) is 97.0 Å². The number of fused-ring (bicyclic) bond motifs is 8. The smallest absolute Gasteiger partial charge is 0.410 e. The Morgan fingerprint density at radius 1 is 0.836 bits per heavy atom. The Morgan fingerprint density at radius 3 is 2.23 bits per heavy atom. The number of hydrogen-bond acceptors (Lipinski definition) is 5. The molecule has 0 aromatic heterocycles. The van der Waals surface area contributed by atoms with E-state index in [-0.39, 0.29) is 48.9 Å². The Morgan fingerprint density at radius 2 is 1.54 bits per heavy atom. The highest BCUT2D eigenvalue weighted by molar-refractivity contribution is 5.79. The summed E-state index contributed by atoms with van der Waals surface area (Å²) in [5.74, 6) is 4.64. The molecule has 0 unspecified atom stereocenters. The number of amides is 3. The Kier molecular flexibility index (Phi) is 14.0. The molecule has 0 heterocycles. The molecule has 5 aliphatic carbocycles. The first-order valence-electron chi connectivity index (χ1n) is 24.1. The molecule has 2 aromatic carbocycles. The minimum Gasteiger partial charge on any atom is -0.449 e. The Labute approximate surface area is 367 Å². The van der Waals surface area contributed by atoms with Crippen molar-refractivity contribution in [3.63, 3.8) is 0 Å². The molecule has 334 valence electrons. The number of carbonyl (C=O) groups is 3. The number of hydrogen-bond donors (Lipinski definition) is 2. The zero-order valence-corrected chi connectivity index (χ0v) is 38.8. The summed E-state index contributed by atoms with van der Waals surface area (Å²) < 4.78 is 11.6. The van der Waals surface area contributed by atoms with Crippen molar-refractivity contribution < 1.29 is 23.9 Å². The van der Waals surface area contributed by atoms with Crippen molar-refractivity contribution in [3.8, 4) is 11.1 Å². The van der Waals surface area contributed by atoms with E-state index in [1.165, 1.54) is 62.5 Å². The molecule has 8 heteroatoms. The van der Waals surface area contributed by atoms with Gasteiger partial charge in [-0.25, -0.2) is 9.59 Å². The van der Waals surface area contributed by atoms with Gasteiger partial charge in [-0.15, -0.1) is 0 Å². The minimum atomic E-state index is -0.593. The summed E-state index contributed by atoms with van der Waals surface area (Å²) in [6, 6.07) is 16.6. The third-order valence-corrected chi connectivity index (χ3v) is 16.2.